The highest BCUT2D eigenvalue weighted by Gasteiger charge is 2.20. The number of phenolic OH excluding ortho intramolecular Hbond substituents is 1. The first-order valence-corrected chi connectivity index (χ1v) is 18.3. The van der Waals surface area contributed by atoms with E-state index in [-0.39, 0.29) is 42.0 Å². The van der Waals surface area contributed by atoms with Crippen LogP contribution in [0.1, 0.15) is 56.9 Å². The molecule has 0 radical (unpaired) electrons. The average Bonchev–Trinajstić information content (AvgIpc) is 3.72. The lowest BCUT2D eigenvalue weighted by molar-refractivity contribution is -0.118. The third-order valence-corrected chi connectivity index (χ3v) is 8.81. The zero-order chi connectivity index (χ0) is 42.1. The number of nitrogens with two attached hydrogens (primary N) is 1. The van der Waals surface area contributed by atoms with Gasteiger partial charge in [0.15, 0.2) is 11.5 Å². The number of hydrogen-bond donors (Lipinski definition) is 7. The zero-order valence-electron chi connectivity index (χ0n) is 31.8. The molecule has 1 aromatic heterocycles. The number of rotatable bonds is 16. The van der Waals surface area contributed by atoms with Crippen molar-refractivity contribution in [2.24, 2.45) is 5.73 Å². The molecular formula is C43H39N9O7. The summed E-state index contributed by atoms with van der Waals surface area (Å²) in [5.74, 6) is -2.44. The molecule has 1 atom stereocenters. The van der Waals surface area contributed by atoms with E-state index < -0.39 is 23.8 Å². The maximum atomic E-state index is 13.1. The number of nitrogens with one attached hydrogen (secondary N) is 4. The minimum Gasteiger partial charge on any atom is -0.503 e. The number of aromatic hydroxyl groups is 1. The number of nitriles is 1. The lowest BCUT2D eigenvalue weighted by Crippen LogP contribution is -2.42. The standard InChI is InChI=1S/C43H39N9O7/c1-25(2)59-40-37(20-19-35(39(40)54)47-32-17-11-30(12-18-32)43(57)58)52-24-36(50-51-52)27-7-13-31(14-8-27)46-23-34(21-38(45)53)49-42(56)29-9-15-33(16-10-29)48-41(55)28-5-3-26(22-44)4-6-28/h3-20,24-25,34,46-47,54H,21,23H2,1-2H3,(H2,45,53)(H,48,55)(H,49,56)(H,57,58). The first-order valence-electron chi connectivity index (χ1n) is 18.3. The molecule has 0 fully saturated rings. The lowest BCUT2D eigenvalue weighted by Gasteiger charge is -2.19. The maximum absolute atomic E-state index is 13.1. The van der Waals surface area contributed by atoms with Gasteiger partial charge in [-0.2, -0.15) is 5.26 Å². The summed E-state index contributed by atoms with van der Waals surface area (Å²) in [6.07, 6.45) is 1.28. The molecule has 5 aromatic carbocycles. The van der Waals surface area contributed by atoms with Gasteiger partial charge in [-0.25, -0.2) is 9.48 Å². The summed E-state index contributed by atoms with van der Waals surface area (Å²) in [4.78, 5) is 48.8. The Kier molecular flexibility index (Phi) is 12.5. The Bertz CT molecular complexity index is 2510. The highest BCUT2D eigenvalue weighted by Crippen LogP contribution is 2.41. The molecule has 298 valence electrons. The Morgan fingerprint density at radius 3 is 2.05 bits per heavy atom. The third-order valence-electron chi connectivity index (χ3n) is 8.81. The third kappa shape index (κ3) is 10.4. The van der Waals surface area contributed by atoms with Gasteiger partial charge in [-0.05, 0) is 111 Å². The van der Waals surface area contributed by atoms with Crippen LogP contribution in [0, 0.1) is 11.3 Å². The number of phenols is 1. The summed E-state index contributed by atoms with van der Waals surface area (Å²) in [6.45, 7) is 3.83. The van der Waals surface area contributed by atoms with Crippen molar-refractivity contribution in [1.82, 2.24) is 20.3 Å². The predicted octanol–water partition coefficient (Wildman–Crippen LogP) is 6.08. The summed E-state index contributed by atoms with van der Waals surface area (Å²) in [5.41, 5.74) is 10.5. The van der Waals surface area contributed by atoms with E-state index in [0.717, 1.165) is 5.56 Å². The van der Waals surface area contributed by atoms with Crippen molar-refractivity contribution >= 4 is 46.4 Å². The van der Waals surface area contributed by atoms with Gasteiger partial charge < -0.3 is 42.0 Å². The Hall–Kier alpha value is -8.19. The van der Waals surface area contributed by atoms with Gasteiger partial charge in [0.1, 0.15) is 11.4 Å². The summed E-state index contributed by atoms with van der Waals surface area (Å²) in [6, 6.07) is 30.6. The molecule has 1 heterocycles. The van der Waals surface area contributed by atoms with Gasteiger partial charge in [0.05, 0.1) is 41.2 Å². The van der Waals surface area contributed by atoms with Gasteiger partial charge in [0.25, 0.3) is 11.8 Å². The highest BCUT2D eigenvalue weighted by molar-refractivity contribution is 6.04. The number of primary amides is 1. The van der Waals surface area contributed by atoms with Crippen molar-refractivity contribution in [1.29, 1.82) is 5.26 Å². The lowest BCUT2D eigenvalue weighted by atomic mass is 10.1. The number of nitrogens with zero attached hydrogens (tertiary/aromatic N) is 4. The van der Waals surface area contributed by atoms with E-state index in [2.05, 4.69) is 31.6 Å². The molecule has 8 N–H and O–H groups in total. The Morgan fingerprint density at radius 2 is 1.42 bits per heavy atom. The van der Waals surface area contributed by atoms with Crippen LogP contribution in [0.4, 0.5) is 22.7 Å². The number of carbonyl (C=O) groups excluding carboxylic acids is 3. The second-order valence-corrected chi connectivity index (χ2v) is 13.6. The number of hydrogen-bond acceptors (Lipinski definition) is 11. The Morgan fingerprint density at radius 1 is 0.814 bits per heavy atom. The van der Waals surface area contributed by atoms with Crippen LogP contribution in [-0.2, 0) is 4.79 Å². The van der Waals surface area contributed by atoms with Gasteiger partial charge in [0.2, 0.25) is 5.91 Å². The SMILES string of the molecule is CC(C)Oc1c(-n2cc(-c3ccc(NCC(CC(N)=O)NC(=O)c4ccc(NC(=O)c5ccc(C#N)cc5)cc4)cc3)nn2)ccc(Nc2ccc(C(=O)O)cc2)c1O. The number of amides is 3. The summed E-state index contributed by atoms with van der Waals surface area (Å²) >= 11 is 0. The second-order valence-electron chi connectivity index (χ2n) is 13.6. The van der Waals surface area contributed by atoms with Crippen LogP contribution < -0.4 is 31.7 Å². The number of carboxylic acids is 1. The molecule has 0 saturated heterocycles. The van der Waals surface area contributed by atoms with Crippen molar-refractivity contribution in [2.75, 3.05) is 22.5 Å². The van der Waals surface area contributed by atoms with Gasteiger partial charge >= 0.3 is 5.97 Å². The fourth-order valence-electron chi connectivity index (χ4n) is 5.85. The van der Waals surface area contributed by atoms with E-state index in [1.807, 2.05) is 44.2 Å². The average molecular weight is 794 g/mol. The van der Waals surface area contributed by atoms with Crippen molar-refractivity contribution < 1.29 is 34.1 Å². The fourth-order valence-corrected chi connectivity index (χ4v) is 5.85. The molecule has 0 spiro atoms. The van der Waals surface area contributed by atoms with E-state index in [1.165, 1.54) is 16.8 Å². The van der Waals surface area contributed by atoms with E-state index in [1.54, 1.807) is 79.0 Å². The number of aromatic carboxylic acids is 1. The number of benzene rings is 5. The molecule has 16 heteroatoms. The first-order chi connectivity index (χ1) is 28.4. The highest BCUT2D eigenvalue weighted by atomic mass is 16.5. The molecule has 3 amide bonds. The molecule has 0 aliphatic carbocycles. The molecule has 59 heavy (non-hydrogen) atoms. The van der Waals surface area contributed by atoms with Crippen LogP contribution in [0.2, 0.25) is 0 Å². The molecule has 16 nitrogen and oxygen atoms in total. The van der Waals surface area contributed by atoms with Crippen LogP contribution in [-0.4, -0.2) is 67.6 Å². The van der Waals surface area contributed by atoms with Crippen LogP contribution in [0.3, 0.4) is 0 Å². The zero-order valence-corrected chi connectivity index (χ0v) is 31.8. The summed E-state index contributed by atoms with van der Waals surface area (Å²) in [7, 11) is 0. The fraction of sp³-hybridized carbons (Fsp3) is 0.140. The molecule has 6 rings (SSSR count). The smallest absolute Gasteiger partial charge is 0.335 e. The number of ether oxygens (including phenoxy) is 1. The summed E-state index contributed by atoms with van der Waals surface area (Å²) in [5, 5.41) is 49.9. The van der Waals surface area contributed by atoms with E-state index in [0.29, 0.717) is 50.8 Å². The van der Waals surface area contributed by atoms with E-state index >= 15 is 0 Å². The van der Waals surface area contributed by atoms with Gasteiger partial charge in [0, 0.05) is 46.7 Å². The minimum atomic E-state index is -1.04. The Balaban J connectivity index is 1.08. The van der Waals surface area contributed by atoms with Gasteiger partial charge in [-0.15, -0.1) is 5.10 Å². The van der Waals surface area contributed by atoms with Crippen molar-refractivity contribution in [3.05, 3.63) is 138 Å². The quantitative estimate of drug-likeness (QED) is 0.0551. The topological polar surface area (TPSA) is 247 Å². The molecular weight excluding hydrogens is 755 g/mol. The van der Waals surface area contributed by atoms with Crippen molar-refractivity contribution in [3.8, 4) is 34.5 Å². The first kappa shape index (κ1) is 40.5. The maximum Gasteiger partial charge on any atom is 0.335 e. The van der Waals surface area contributed by atoms with Crippen LogP contribution in [0.5, 0.6) is 11.5 Å². The molecule has 0 aliphatic rings. The number of aromatic nitrogens is 3. The summed E-state index contributed by atoms with van der Waals surface area (Å²) < 4.78 is 7.49. The molecule has 0 saturated carbocycles. The van der Waals surface area contributed by atoms with Crippen molar-refractivity contribution in [3.63, 3.8) is 0 Å². The Labute approximate surface area is 338 Å². The molecule has 0 aliphatic heterocycles. The van der Waals surface area contributed by atoms with E-state index in [4.69, 9.17) is 15.7 Å². The van der Waals surface area contributed by atoms with E-state index in [9.17, 15) is 29.4 Å². The minimum absolute atomic E-state index is 0.117. The molecule has 1 unspecified atom stereocenters. The van der Waals surface area contributed by atoms with Crippen LogP contribution in [0.15, 0.2) is 115 Å². The number of carboxylic acid groups (broad SMARTS) is 1. The monoisotopic (exact) mass is 793 g/mol. The second kappa shape index (κ2) is 18.2. The molecule has 0 bridgehead atoms. The number of anilines is 4. The van der Waals surface area contributed by atoms with Gasteiger partial charge in [-0.3, -0.25) is 14.4 Å². The van der Waals surface area contributed by atoms with Crippen LogP contribution >= 0.6 is 0 Å². The predicted molar refractivity (Wildman–Crippen MR) is 220 cm³/mol. The molecule has 6 aromatic rings. The van der Waals surface area contributed by atoms with Crippen LogP contribution in [0.25, 0.3) is 16.9 Å². The normalized spacial score (nSPS) is 11.2. The van der Waals surface area contributed by atoms with Gasteiger partial charge in [-0.1, -0.05) is 17.3 Å². The number of carbonyl (C=O) groups is 4. The largest absolute Gasteiger partial charge is 0.503 e. The van der Waals surface area contributed by atoms with Crippen molar-refractivity contribution in [2.45, 2.75) is 32.4 Å².